The molecule has 4 aromatic rings. The van der Waals surface area contributed by atoms with Gasteiger partial charge in [-0.05, 0) is 48.8 Å². The summed E-state index contributed by atoms with van der Waals surface area (Å²) in [6, 6.07) is 2.28. The number of hydrogen-bond donors (Lipinski definition) is 3. The molecule has 1 aliphatic rings. The number of nitrogens with one attached hydrogen (secondary N) is 2. The number of aromatic amines is 1. The Balaban J connectivity index is 0.000000392. The number of halogens is 3. The molecular weight excluding hydrogens is 756 g/mol. The minimum Gasteiger partial charge on any atom is -0.479 e. The molecule has 1 fully saturated rings. The Morgan fingerprint density at radius 3 is 2.42 bits per heavy atom. The molecule has 1 atom stereocenters. The number of piperazine rings is 1. The maximum atomic E-state index is 13.8. The minimum atomic E-state index is -0.891. The first-order valence-electron chi connectivity index (χ1n) is 15.3. The fraction of sp³-hybridized carbons (Fsp3) is 0.344. The van der Waals surface area contributed by atoms with Crippen LogP contribution < -0.4 is 20.3 Å². The van der Waals surface area contributed by atoms with Gasteiger partial charge >= 0.3 is 5.97 Å². The predicted octanol–water partition coefficient (Wildman–Crippen LogP) is 2.72. The number of aromatic nitrogens is 6. The van der Waals surface area contributed by atoms with Crippen LogP contribution in [0.15, 0.2) is 52.4 Å². The molecule has 3 N–H and O–H groups in total. The zero-order valence-electron chi connectivity index (χ0n) is 28.5. The SMILES string of the molecule is COC(=O)c1cnc(OC)c(Br)n1.C[C@@H](C(=O)Nc1cnc(Oc2ccc(F)cc2F)cn1)N1CCN(C(=O)c2c[nH]c(=O)c(CO)n2)C(C)(C)C1. The van der Waals surface area contributed by atoms with Gasteiger partial charge in [0.15, 0.2) is 27.7 Å². The number of esters is 1. The summed E-state index contributed by atoms with van der Waals surface area (Å²) < 4.78 is 41.8. The number of ether oxygens (including phenoxy) is 3. The number of amides is 2. The number of aliphatic hydroxyl groups is 1. The third-order valence-electron chi connectivity index (χ3n) is 7.61. The van der Waals surface area contributed by atoms with Crippen LogP contribution in [0.2, 0.25) is 0 Å². The maximum absolute atomic E-state index is 13.8. The van der Waals surface area contributed by atoms with Crippen LogP contribution in [0, 0.1) is 11.6 Å². The van der Waals surface area contributed by atoms with Crippen LogP contribution in [0.1, 0.15) is 47.4 Å². The number of carbonyl (C=O) groups is 3. The number of anilines is 1. The highest BCUT2D eigenvalue weighted by atomic mass is 79.9. The lowest BCUT2D eigenvalue weighted by Crippen LogP contribution is -2.63. The second kappa shape index (κ2) is 17.2. The predicted molar refractivity (Wildman–Crippen MR) is 182 cm³/mol. The molecule has 0 saturated carbocycles. The fourth-order valence-electron chi connectivity index (χ4n) is 4.90. The zero-order valence-corrected chi connectivity index (χ0v) is 30.1. The van der Waals surface area contributed by atoms with E-state index < -0.39 is 47.3 Å². The standard InChI is InChI=1S/C25H27F2N7O5.C7H7BrN2O3/c1-14(22(36)32-20-10-29-21(11-28-20)39-19-5-4-15(26)8-16(19)27)33-6-7-34(25(2,3)13-33)24(38)17-9-30-23(37)18(12-35)31-17;1-12-6-5(8)10-4(3-9-6)7(11)13-2/h4-5,8-11,14,35H,6-7,12-13H2,1-3H3,(H,30,37)(H,28,32,36);3H,1-2H3/t14-;/m0./s1. The van der Waals surface area contributed by atoms with Crippen molar-refractivity contribution in [1.82, 2.24) is 39.7 Å². The van der Waals surface area contributed by atoms with Crippen LogP contribution in [0.4, 0.5) is 14.6 Å². The number of carbonyl (C=O) groups excluding carboxylic acids is 3. The molecule has 1 aliphatic heterocycles. The lowest BCUT2D eigenvalue weighted by molar-refractivity contribution is -0.122. The van der Waals surface area contributed by atoms with Crippen LogP contribution in [-0.2, 0) is 16.1 Å². The Bertz CT molecular complexity index is 1980. The van der Waals surface area contributed by atoms with Gasteiger partial charge in [-0.25, -0.2) is 38.5 Å². The minimum absolute atomic E-state index is 0.0131. The van der Waals surface area contributed by atoms with E-state index in [9.17, 15) is 33.1 Å². The summed E-state index contributed by atoms with van der Waals surface area (Å²) in [6.07, 6.45) is 4.95. The van der Waals surface area contributed by atoms with Crippen LogP contribution in [0.3, 0.4) is 0 Å². The van der Waals surface area contributed by atoms with Gasteiger partial charge in [-0.2, -0.15) is 0 Å². The molecule has 0 spiro atoms. The van der Waals surface area contributed by atoms with Gasteiger partial charge < -0.3 is 34.5 Å². The average Bonchev–Trinajstić information content (AvgIpc) is 3.12. The van der Waals surface area contributed by atoms with Gasteiger partial charge in [0.1, 0.15) is 17.2 Å². The van der Waals surface area contributed by atoms with E-state index in [1.165, 1.54) is 39.0 Å². The van der Waals surface area contributed by atoms with Crippen molar-refractivity contribution in [2.75, 3.05) is 39.2 Å². The van der Waals surface area contributed by atoms with Crippen molar-refractivity contribution in [2.45, 2.75) is 39.0 Å². The van der Waals surface area contributed by atoms with E-state index in [1.54, 1.807) is 11.8 Å². The summed E-state index contributed by atoms with van der Waals surface area (Å²) in [5.74, 6) is -2.71. The van der Waals surface area contributed by atoms with Crippen molar-refractivity contribution >= 4 is 39.5 Å². The first kappa shape index (κ1) is 39.3. The Kier molecular flexibility index (Phi) is 13.0. The van der Waals surface area contributed by atoms with Crippen LogP contribution >= 0.6 is 15.9 Å². The first-order chi connectivity index (χ1) is 24.7. The molecule has 276 valence electrons. The molecule has 0 aliphatic carbocycles. The van der Waals surface area contributed by atoms with Gasteiger partial charge in [-0.3, -0.25) is 19.3 Å². The van der Waals surface area contributed by atoms with Gasteiger partial charge in [0.2, 0.25) is 17.7 Å². The molecule has 1 saturated heterocycles. The van der Waals surface area contributed by atoms with E-state index in [0.29, 0.717) is 36.2 Å². The maximum Gasteiger partial charge on any atom is 0.358 e. The van der Waals surface area contributed by atoms with Crippen molar-refractivity contribution in [3.05, 3.63) is 86.7 Å². The summed E-state index contributed by atoms with van der Waals surface area (Å²) in [6.45, 7) is 5.90. The van der Waals surface area contributed by atoms with E-state index in [4.69, 9.17) is 9.47 Å². The second-order valence-corrected chi connectivity index (χ2v) is 12.3. The Hall–Kier alpha value is -5.47. The van der Waals surface area contributed by atoms with E-state index in [2.05, 4.69) is 55.9 Å². The number of hydrogen-bond acceptors (Lipinski definition) is 14. The second-order valence-electron chi connectivity index (χ2n) is 11.6. The van der Waals surface area contributed by atoms with Gasteiger partial charge in [-0.15, -0.1) is 0 Å². The molecule has 20 heteroatoms. The highest BCUT2D eigenvalue weighted by Gasteiger charge is 2.40. The van der Waals surface area contributed by atoms with Gasteiger partial charge in [0, 0.05) is 31.9 Å². The molecule has 1 aromatic carbocycles. The van der Waals surface area contributed by atoms with Crippen LogP contribution in [-0.4, -0.2) is 108 Å². The van der Waals surface area contributed by atoms with Gasteiger partial charge in [0.25, 0.3) is 11.5 Å². The summed E-state index contributed by atoms with van der Waals surface area (Å²) in [4.78, 5) is 74.4. The zero-order chi connectivity index (χ0) is 38.2. The number of benzene rings is 1. The highest BCUT2D eigenvalue weighted by Crippen LogP contribution is 2.26. The normalized spacial score (nSPS) is 14.4. The quantitative estimate of drug-likeness (QED) is 0.208. The molecule has 5 rings (SSSR count). The monoisotopic (exact) mass is 789 g/mol. The summed E-state index contributed by atoms with van der Waals surface area (Å²) in [5.41, 5.74) is -1.25. The number of aliphatic hydroxyl groups excluding tert-OH is 1. The third kappa shape index (κ3) is 9.65. The molecular formula is C32H34BrF2N9O8. The van der Waals surface area contributed by atoms with Crippen molar-refractivity contribution in [2.24, 2.45) is 0 Å². The van der Waals surface area contributed by atoms with Crippen LogP contribution in [0.5, 0.6) is 17.5 Å². The Labute approximate surface area is 303 Å². The Morgan fingerprint density at radius 2 is 1.83 bits per heavy atom. The lowest BCUT2D eigenvalue weighted by Gasteiger charge is -2.48. The highest BCUT2D eigenvalue weighted by molar-refractivity contribution is 9.10. The molecule has 17 nitrogen and oxygen atoms in total. The summed E-state index contributed by atoms with van der Waals surface area (Å²) in [7, 11) is 2.74. The number of rotatable bonds is 9. The average molecular weight is 791 g/mol. The molecule has 2 amide bonds. The van der Waals surface area contributed by atoms with Crippen molar-refractivity contribution in [3.63, 3.8) is 0 Å². The number of H-pyrrole nitrogens is 1. The molecule has 0 radical (unpaired) electrons. The summed E-state index contributed by atoms with van der Waals surface area (Å²) >= 11 is 3.10. The van der Waals surface area contributed by atoms with Gasteiger partial charge in [-0.1, -0.05) is 0 Å². The third-order valence-corrected chi connectivity index (χ3v) is 8.12. The molecule has 0 unspecified atom stereocenters. The topological polar surface area (TPSA) is 215 Å². The number of methoxy groups -OCH3 is 2. The van der Waals surface area contributed by atoms with Crippen LogP contribution in [0.25, 0.3) is 0 Å². The van der Waals surface area contributed by atoms with E-state index in [-0.39, 0.29) is 40.4 Å². The number of nitrogens with zero attached hydrogens (tertiary/aromatic N) is 7. The van der Waals surface area contributed by atoms with Crippen molar-refractivity contribution < 1.29 is 42.5 Å². The van der Waals surface area contributed by atoms with E-state index in [0.717, 1.165) is 12.1 Å². The summed E-state index contributed by atoms with van der Waals surface area (Å²) in [5, 5.41) is 12.0. The smallest absolute Gasteiger partial charge is 0.358 e. The van der Waals surface area contributed by atoms with Gasteiger partial charge in [0.05, 0.1) is 51.0 Å². The molecule has 0 bridgehead atoms. The molecule has 4 heterocycles. The van der Waals surface area contributed by atoms with E-state index >= 15 is 0 Å². The first-order valence-corrected chi connectivity index (χ1v) is 16.1. The largest absolute Gasteiger partial charge is 0.479 e. The molecule has 52 heavy (non-hydrogen) atoms. The molecule has 3 aromatic heterocycles. The van der Waals surface area contributed by atoms with Crippen molar-refractivity contribution in [1.29, 1.82) is 0 Å². The lowest BCUT2D eigenvalue weighted by atomic mass is 9.97. The van der Waals surface area contributed by atoms with E-state index in [1.807, 2.05) is 18.7 Å². The Morgan fingerprint density at radius 1 is 1.08 bits per heavy atom. The van der Waals surface area contributed by atoms with Crippen molar-refractivity contribution in [3.8, 4) is 17.5 Å². The fourth-order valence-corrected chi connectivity index (χ4v) is 5.35.